The van der Waals surface area contributed by atoms with E-state index < -0.39 is 0 Å². The second kappa shape index (κ2) is 6.07. The molecule has 0 fully saturated rings. The number of rotatable bonds is 5. The van der Waals surface area contributed by atoms with E-state index in [1.165, 1.54) is 5.56 Å². The van der Waals surface area contributed by atoms with Gasteiger partial charge in [0.1, 0.15) is 0 Å². The standard InChI is InChI=1S/C13H21BO2/c1-10(2)15-14(16-11(3)4)13-8-6-12(5)7-9-13/h6-11H,1-5H3. The fourth-order valence-corrected chi connectivity index (χ4v) is 1.41. The van der Waals surface area contributed by atoms with Gasteiger partial charge in [-0.15, -0.1) is 0 Å². The van der Waals surface area contributed by atoms with Crippen molar-refractivity contribution in [2.45, 2.75) is 46.8 Å². The van der Waals surface area contributed by atoms with Crippen LogP contribution in [0.2, 0.25) is 0 Å². The second-order valence-corrected chi connectivity index (χ2v) is 4.61. The van der Waals surface area contributed by atoms with Crippen molar-refractivity contribution in [1.82, 2.24) is 0 Å². The molecule has 0 heterocycles. The summed E-state index contributed by atoms with van der Waals surface area (Å²) in [5, 5.41) is 0. The highest BCUT2D eigenvalue weighted by Crippen LogP contribution is 2.03. The summed E-state index contributed by atoms with van der Waals surface area (Å²) in [7, 11) is -0.263. The minimum Gasteiger partial charge on any atom is -0.405 e. The van der Waals surface area contributed by atoms with Crippen molar-refractivity contribution in [1.29, 1.82) is 0 Å². The van der Waals surface area contributed by atoms with Crippen molar-refractivity contribution in [2.75, 3.05) is 0 Å². The van der Waals surface area contributed by atoms with Gasteiger partial charge in [-0.05, 0) is 40.1 Å². The molecule has 0 aliphatic rings. The van der Waals surface area contributed by atoms with E-state index in [0.29, 0.717) is 0 Å². The minimum absolute atomic E-state index is 0.157. The molecule has 0 atom stereocenters. The Morgan fingerprint density at radius 3 is 1.69 bits per heavy atom. The Morgan fingerprint density at radius 1 is 0.875 bits per heavy atom. The first-order valence-electron chi connectivity index (χ1n) is 5.86. The Labute approximate surface area is 99.1 Å². The van der Waals surface area contributed by atoms with E-state index in [0.717, 1.165) is 5.46 Å². The van der Waals surface area contributed by atoms with Gasteiger partial charge in [0, 0.05) is 12.2 Å². The highest BCUT2D eigenvalue weighted by Gasteiger charge is 2.23. The SMILES string of the molecule is Cc1ccc(B(OC(C)C)OC(C)C)cc1. The van der Waals surface area contributed by atoms with Crippen LogP contribution in [0.5, 0.6) is 0 Å². The minimum atomic E-state index is -0.263. The van der Waals surface area contributed by atoms with E-state index in [-0.39, 0.29) is 19.3 Å². The van der Waals surface area contributed by atoms with Crippen LogP contribution in [0, 0.1) is 6.92 Å². The summed E-state index contributed by atoms with van der Waals surface area (Å²) in [6.07, 6.45) is 0.315. The first-order valence-corrected chi connectivity index (χ1v) is 5.86. The monoisotopic (exact) mass is 220 g/mol. The third-order valence-electron chi connectivity index (χ3n) is 2.14. The molecule has 0 radical (unpaired) electrons. The van der Waals surface area contributed by atoms with Crippen LogP contribution in [-0.2, 0) is 9.31 Å². The van der Waals surface area contributed by atoms with Gasteiger partial charge in [0.05, 0.1) is 0 Å². The molecule has 1 aromatic carbocycles. The quantitative estimate of drug-likeness (QED) is 0.710. The highest BCUT2D eigenvalue weighted by molar-refractivity contribution is 6.61. The average Bonchev–Trinajstić information content (AvgIpc) is 2.16. The molecule has 16 heavy (non-hydrogen) atoms. The maximum atomic E-state index is 5.76. The van der Waals surface area contributed by atoms with Gasteiger partial charge in [0.25, 0.3) is 0 Å². The van der Waals surface area contributed by atoms with E-state index >= 15 is 0 Å². The van der Waals surface area contributed by atoms with Crippen molar-refractivity contribution in [3.63, 3.8) is 0 Å². The first-order chi connectivity index (χ1) is 7.49. The van der Waals surface area contributed by atoms with Gasteiger partial charge in [0.2, 0.25) is 0 Å². The molecule has 0 aliphatic heterocycles. The molecule has 0 saturated heterocycles. The van der Waals surface area contributed by atoms with Gasteiger partial charge in [-0.2, -0.15) is 0 Å². The summed E-state index contributed by atoms with van der Waals surface area (Å²) in [5.41, 5.74) is 2.32. The van der Waals surface area contributed by atoms with Crippen LogP contribution in [0.3, 0.4) is 0 Å². The van der Waals surface area contributed by atoms with E-state index in [1.807, 2.05) is 27.7 Å². The van der Waals surface area contributed by atoms with E-state index in [4.69, 9.17) is 9.31 Å². The summed E-state index contributed by atoms with van der Waals surface area (Å²) in [5.74, 6) is 0. The topological polar surface area (TPSA) is 18.5 Å². The molecule has 3 heteroatoms. The third-order valence-corrected chi connectivity index (χ3v) is 2.14. The molecule has 0 N–H and O–H groups in total. The highest BCUT2D eigenvalue weighted by atomic mass is 16.6. The first kappa shape index (κ1) is 13.3. The van der Waals surface area contributed by atoms with Gasteiger partial charge < -0.3 is 9.31 Å². The number of hydrogen-bond acceptors (Lipinski definition) is 2. The maximum Gasteiger partial charge on any atom is 0.494 e. The molecule has 0 saturated carbocycles. The van der Waals surface area contributed by atoms with E-state index in [9.17, 15) is 0 Å². The summed E-state index contributed by atoms with van der Waals surface area (Å²) in [6, 6.07) is 8.28. The van der Waals surface area contributed by atoms with Crippen molar-refractivity contribution >= 4 is 12.6 Å². The molecule has 1 rings (SSSR count). The Morgan fingerprint density at radius 2 is 1.31 bits per heavy atom. The Balaban J connectivity index is 2.78. The maximum absolute atomic E-state index is 5.76. The number of hydrogen-bond donors (Lipinski definition) is 0. The summed E-state index contributed by atoms with van der Waals surface area (Å²) in [4.78, 5) is 0. The van der Waals surface area contributed by atoms with Gasteiger partial charge in [-0.1, -0.05) is 29.8 Å². The van der Waals surface area contributed by atoms with Crippen molar-refractivity contribution < 1.29 is 9.31 Å². The van der Waals surface area contributed by atoms with E-state index in [1.54, 1.807) is 0 Å². The Bertz CT molecular complexity index is 296. The van der Waals surface area contributed by atoms with Gasteiger partial charge in [-0.3, -0.25) is 0 Å². The lowest BCUT2D eigenvalue weighted by Crippen LogP contribution is -2.40. The molecule has 0 aromatic heterocycles. The number of benzene rings is 1. The molecular formula is C13H21BO2. The Kier molecular flexibility index (Phi) is 5.03. The lowest BCUT2D eigenvalue weighted by atomic mass is 9.78. The number of aryl methyl sites for hydroxylation is 1. The van der Waals surface area contributed by atoms with Crippen molar-refractivity contribution in [2.24, 2.45) is 0 Å². The molecule has 88 valence electrons. The van der Waals surface area contributed by atoms with Gasteiger partial charge >= 0.3 is 7.12 Å². The lowest BCUT2D eigenvalue weighted by Gasteiger charge is -2.19. The molecule has 0 unspecified atom stereocenters. The zero-order valence-electron chi connectivity index (χ0n) is 10.9. The summed E-state index contributed by atoms with van der Waals surface area (Å²) >= 11 is 0. The molecule has 0 bridgehead atoms. The molecule has 0 spiro atoms. The normalized spacial score (nSPS) is 11.2. The van der Waals surface area contributed by atoms with Crippen molar-refractivity contribution in [3.8, 4) is 0 Å². The summed E-state index contributed by atoms with van der Waals surface area (Å²) < 4.78 is 11.5. The smallest absolute Gasteiger partial charge is 0.405 e. The van der Waals surface area contributed by atoms with E-state index in [2.05, 4.69) is 31.2 Å². The van der Waals surface area contributed by atoms with Crippen LogP contribution in [0.1, 0.15) is 33.3 Å². The summed E-state index contributed by atoms with van der Waals surface area (Å²) in [6.45, 7) is 10.1. The molecule has 2 nitrogen and oxygen atoms in total. The largest absolute Gasteiger partial charge is 0.494 e. The van der Waals surface area contributed by atoms with Crippen LogP contribution in [0.15, 0.2) is 24.3 Å². The van der Waals surface area contributed by atoms with Crippen LogP contribution in [0.25, 0.3) is 0 Å². The zero-order chi connectivity index (χ0) is 12.1. The predicted molar refractivity (Wildman–Crippen MR) is 69.0 cm³/mol. The Hall–Kier alpha value is -0.795. The molecular weight excluding hydrogens is 199 g/mol. The van der Waals surface area contributed by atoms with Crippen LogP contribution >= 0.6 is 0 Å². The fourth-order valence-electron chi connectivity index (χ4n) is 1.41. The van der Waals surface area contributed by atoms with Crippen LogP contribution < -0.4 is 5.46 Å². The average molecular weight is 220 g/mol. The van der Waals surface area contributed by atoms with Gasteiger partial charge in [-0.25, -0.2) is 0 Å². The van der Waals surface area contributed by atoms with Gasteiger partial charge in [0.15, 0.2) is 0 Å². The molecule has 1 aromatic rings. The molecule has 0 aliphatic carbocycles. The van der Waals surface area contributed by atoms with Crippen LogP contribution in [-0.4, -0.2) is 19.3 Å². The predicted octanol–water partition coefficient (Wildman–Crippen LogP) is 2.54. The second-order valence-electron chi connectivity index (χ2n) is 4.61. The third kappa shape index (κ3) is 4.37. The lowest BCUT2D eigenvalue weighted by molar-refractivity contribution is 0.139. The molecule has 0 amide bonds. The van der Waals surface area contributed by atoms with Crippen LogP contribution in [0.4, 0.5) is 0 Å². The zero-order valence-corrected chi connectivity index (χ0v) is 10.9. The van der Waals surface area contributed by atoms with Crippen molar-refractivity contribution in [3.05, 3.63) is 29.8 Å². The fraction of sp³-hybridized carbons (Fsp3) is 0.538.